The Morgan fingerprint density at radius 2 is 1.80 bits per heavy atom. The van der Waals surface area contributed by atoms with Crippen molar-refractivity contribution in [3.05, 3.63) is 63.3 Å². The molecule has 3 rings (SSSR count). The second kappa shape index (κ2) is 6.43. The third kappa shape index (κ3) is 3.08. The molecule has 3 aromatic rings. The van der Waals surface area contributed by atoms with Gasteiger partial charge in [-0.05, 0) is 48.9 Å². The third-order valence-corrected chi connectivity index (χ3v) is 4.75. The van der Waals surface area contributed by atoms with Crippen LogP contribution in [0.2, 0.25) is 10.0 Å². The number of hydrogen-bond donors (Lipinski definition) is 2. The fourth-order valence-electron chi connectivity index (χ4n) is 2.87. The molecule has 1 aromatic heterocycles. The Morgan fingerprint density at radius 3 is 2.44 bits per heavy atom. The molecule has 2 N–H and O–H groups in total. The number of phenols is 1. The molecule has 0 spiro atoms. The van der Waals surface area contributed by atoms with Gasteiger partial charge < -0.3 is 10.2 Å². The van der Waals surface area contributed by atoms with E-state index in [9.17, 15) is 14.7 Å². The number of carboxylic acids is 1. The Bertz CT molecular complexity index is 1020. The minimum atomic E-state index is -1.02. The lowest BCUT2D eigenvalue weighted by Crippen LogP contribution is -2.14. The SMILES string of the molecule is Cc1c(CC(=O)O)c2cc(O)ccc2n1C(=O)c1ccc(Cl)c(Cl)c1. The summed E-state index contributed by atoms with van der Waals surface area (Å²) >= 11 is 11.9. The maximum absolute atomic E-state index is 13.0. The van der Waals surface area contributed by atoms with Crippen LogP contribution in [0.4, 0.5) is 0 Å². The highest BCUT2D eigenvalue weighted by Crippen LogP contribution is 2.31. The first-order chi connectivity index (χ1) is 11.8. The van der Waals surface area contributed by atoms with E-state index in [1.54, 1.807) is 19.1 Å². The van der Waals surface area contributed by atoms with Gasteiger partial charge in [0.2, 0.25) is 0 Å². The van der Waals surface area contributed by atoms with Crippen molar-refractivity contribution in [2.75, 3.05) is 0 Å². The third-order valence-electron chi connectivity index (χ3n) is 4.02. The molecule has 0 fully saturated rings. The highest BCUT2D eigenvalue weighted by molar-refractivity contribution is 6.42. The molecule has 2 aromatic carbocycles. The van der Waals surface area contributed by atoms with Gasteiger partial charge in [0.25, 0.3) is 5.91 Å². The fraction of sp³-hybridized carbons (Fsp3) is 0.111. The summed E-state index contributed by atoms with van der Waals surface area (Å²) < 4.78 is 1.42. The molecule has 0 aliphatic carbocycles. The number of carbonyl (C=O) groups is 2. The second-order valence-corrected chi connectivity index (χ2v) is 6.42. The largest absolute Gasteiger partial charge is 0.508 e. The monoisotopic (exact) mass is 377 g/mol. The first-order valence-corrected chi connectivity index (χ1v) is 8.09. The summed E-state index contributed by atoms with van der Waals surface area (Å²) in [5, 5.41) is 20.0. The van der Waals surface area contributed by atoms with Crippen LogP contribution in [0.1, 0.15) is 21.6 Å². The van der Waals surface area contributed by atoms with E-state index in [4.69, 9.17) is 28.3 Å². The number of phenolic OH excluding ortho intramolecular Hbond substituents is 1. The lowest BCUT2D eigenvalue weighted by molar-refractivity contribution is -0.136. The second-order valence-electron chi connectivity index (χ2n) is 5.61. The number of carboxylic acid groups (broad SMARTS) is 1. The van der Waals surface area contributed by atoms with Crippen LogP contribution in [0.25, 0.3) is 10.9 Å². The predicted molar refractivity (Wildman–Crippen MR) is 95.9 cm³/mol. The maximum Gasteiger partial charge on any atom is 0.307 e. The number of fused-ring (bicyclic) bond motifs is 1. The molecule has 0 unspecified atom stereocenters. The zero-order chi connectivity index (χ0) is 18.3. The van der Waals surface area contributed by atoms with E-state index < -0.39 is 5.97 Å². The predicted octanol–water partition coefficient (Wildman–Crippen LogP) is 4.28. The number of halogens is 2. The number of carbonyl (C=O) groups excluding carboxylic acids is 1. The molecule has 0 radical (unpaired) electrons. The summed E-state index contributed by atoms with van der Waals surface area (Å²) in [6, 6.07) is 9.04. The molecule has 0 aliphatic rings. The Hall–Kier alpha value is -2.50. The van der Waals surface area contributed by atoms with Gasteiger partial charge in [-0.1, -0.05) is 23.2 Å². The molecule has 0 aliphatic heterocycles. The first kappa shape index (κ1) is 17.3. The number of benzene rings is 2. The van der Waals surface area contributed by atoms with Gasteiger partial charge in [0.1, 0.15) is 5.75 Å². The number of aliphatic carboxylic acids is 1. The van der Waals surface area contributed by atoms with Crippen LogP contribution in [0.3, 0.4) is 0 Å². The van der Waals surface area contributed by atoms with Crippen LogP contribution in [-0.4, -0.2) is 26.7 Å². The summed E-state index contributed by atoms with van der Waals surface area (Å²) in [6.45, 7) is 1.67. The standard InChI is InChI=1S/C18H13Cl2NO4/c1-9-12(8-17(23)24)13-7-11(22)3-5-16(13)21(9)18(25)10-2-4-14(19)15(20)6-10/h2-7,22H,8H2,1H3,(H,23,24). The summed E-state index contributed by atoms with van der Waals surface area (Å²) in [4.78, 5) is 24.2. The number of rotatable bonds is 3. The summed E-state index contributed by atoms with van der Waals surface area (Å²) in [5.74, 6) is -1.38. The average molecular weight is 378 g/mol. The van der Waals surface area contributed by atoms with Gasteiger partial charge in [-0.3, -0.25) is 14.2 Å². The van der Waals surface area contributed by atoms with Crippen LogP contribution >= 0.6 is 23.2 Å². The molecule has 0 atom stereocenters. The molecule has 25 heavy (non-hydrogen) atoms. The lowest BCUT2D eigenvalue weighted by Gasteiger charge is -2.08. The molecular weight excluding hydrogens is 365 g/mol. The molecule has 1 heterocycles. The molecule has 0 saturated carbocycles. The van der Waals surface area contributed by atoms with Crippen molar-refractivity contribution in [3.8, 4) is 5.75 Å². The van der Waals surface area contributed by atoms with E-state index in [1.165, 1.54) is 28.8 Å². The van der Waals surface area contributed by atoms with Gasteiger partial charge in [0.05, 0.1) is 22.0 Å². The summed E-state index contributed by atoms with van der Waals surface area (Å²) in [5.41, 5.74) is 1.82. The highest BCUT2D eigenvalue weighted by Gasteiger charge is 2.22. The Kier molecular flexibility index (Phi) is 4.45. The molecule has 0 saturated heterocycles. The van der Waals surface area contributed by atoms with E-state index in [0.29, 0.717) is 32.7 Å². The van der Waals surface area contributed by atoms with Crippen LogP contribution in [-0.2, 0) is 11.2 Å². The van der Waals surface area contributed by atoms with Gasteiger partial charge in [-0.25, -0.2) is 0 Å². The Labute approximate surface area is 153 Å². The maximum atomic E-state index is 13.0. The van der Waals surface area contributed by atoms with Gasteiger partial charge >= 0.3 is 5.97 Å². The molecule has 5 nitrogen and oxygen atoms in total. The zero-order valence-corrected chi connectivity index (χ0v) is 14.6. The van der Waals surface area contributed by atoms with Gasteiger partial charge in [-0.2, -0.15) is 0 Å². The van der Waals surface area contributed by atoms with Crippen molar-refractivity contribution < 1.29 is 19.8 Å². The summed E-state index contributed by atoms with van der Waals surface area (Å²) in [7, 11) is 0. The lowest BCUT2D eigenvalue weighted by atomic mass is 10.1. The molecular formula is C18H13Cl2NO4. The van der Waals surface area contributed by atoms with Crippen molar-refractivity contribution in [2.45, 2.75) is 13.3 Å². The Morgan fingerprint density at radius 1 is 1.08 bits per heavy atom. The Balaban J connectivity index is 2.24. The van der Waals surface area contributed by atoms with Crippen LogP contribution in [0.5, 0.6) is 5.75 Å². The van der Waals surface area contributed by atoms with E-state index in [0.717, 1.165) is 0 Å². The average Bonchev–Trinajstić information content (AvgIpc) is 2.81. The number of hydrogen-bond acceptors (Lipinski definition) is 3. The zero-order valence-electron chi connectivity index (χ0n) is 13.1. The van der Waals surface area contributed by atoms with Crippen molar-refractivity contribution >= 4 is 46.0 Å². The highest BCUT2D eigenvalue weighted by atomic mass is 35.5. The first-order valence-electron chi connectivity index (χ1n) is 7.34. The van der Waals surface area contributed by atoms with E-state index in [1.807, 2.05) is 0 Å². The normalized spacial score (nSPS) is 11.0. The van der Waals surface area contributed by atoms with Gasteiger partial charge in [0, 0.05) is 16.6 Å². The van der Waals surface area contributed by atoms with Gasteiger partial charge in [-0.15, -0.1) is 0 Å². The van der Waals surface area contributed by atoms with Crippen molar-refractivity contribution in [2.24, 2.45) is 0 Å². The minimum absolute atomic E-state index is 0.00160. The van der Waals surface area contributed by atoms with E-state index in [2.05, 4.69) is 0 Å². The van der Waals surface area contributed by atoms with Crippen LogP contribution in [0.15, 0.2) is 36.4 Å². The smallest absolute Gasteiger partial charge is 0.307 e. The van der Waals surface area contributed by atoms with Crippen molar-refractivity contribution in [3.63, 3.8) is 0 Å². The summed E-state index contributed by atoms with van der Waals surface area (Å²) in [6.07, 6.45) is -0.257. The van der Waals surface area contributed by atoms with Crippen molar-refractivity contribution in [1.82, 2.24) is 4.57 Å². The minimum Gasteiger partial charge on any atom is -0.508 e. The number of aromatic nitrogens is 1. The molecule has 0 bridgehead atoms. The molecule has 128 valence electrons. The number of nitrogens with zero attached hydrogens (tertiary/aromatic N) is 1. The van der Waals surface area contributed by atoms with Crippen molar-refractivity contribution in [1.29, 1.82) is 0 Å². The van der Waals surface area contributed by atoms with E-state index in [-0.39, 0.29) is 23.1 Å². The van der Waals surface area contributed by atoms with E-state index >= 15 is 0 Å². The number of aromatic hydroxyl groups is 1. The van der Waals surface area contributed by atoms with Crippen LogP contribution in [0, 0.1) is 6.92 Å². The fourth-order valence-corrected chi connectivity index (χ4v) is 3.16. The van der Waals surface area contributed by atoms with Crippen LogP contribution < -0.4 is 0 Å². The van der Waals surface area contributed by atoms with Gasteiger partial charge in [0.15, 0.2) is 0 Å². The topological polar surface area (TPSA) is 79.5 Å². The molecule has 7 heteroatoms. The molecule has 0 amide bonds. The quantitative estimate of drug-likeness (QED) is 0.713.